The second kappa shape index (κ2) is 10.5. The number of rotatable bonds is 7. The summed E-state index contributed by atoms with van der Waals surface area (Å²) in [6.45, 7) is 4.38. The molecule has 190 valence electrons. The van der Waals surface area contributed by atoms with E-state index in [4.69, 9.17) is 13.9 Å². The van der Waals surface area contributed by atoms with E-state index in [9.17, 15) is 22.8 Å². The number of fused-ring (bicyclic) bond motifs is 1. The predicted octanol–water partition coefficient (Wildman–Crippen LogP) is 4.89. The number of halogens is 1. The molecule has 0 N–H and O–H groups in total. The Labute approximate surface area is 216 Å². The van der Waals surface area contributed by atoms with Crippen molar-refractivity contribution in [1.82, 2.24) is 4.31 Å². The minimum Gasteiger partial charge on any atom is -0.462 e. The van der Waals surface area contributed by atoms with Gasteiger partial charge in [0.15, 0.2) is 12.0 Å². The zero-order valence-electron chi connectivity index (χ0n) is 19.7. The fourth-order valence-electron chi connectivity index (χ4n) is 4.12. The van der Waals surface area contributed by atoms with Crippen LogP contribution in [0.25, 0.3) is 11.0 Å². The van der Waals surface area contributed by atoms with Crippen molar-refractivity contribution in [3.05, 3.63) is 57.3 Å². The van der Waals surface area contributed by atoms with E-state index in [2.05, 4.69) is 15.9 Å². The van der Waals surface area contributed by atoms with Crippen LogP contribution in [0, 0.1) is 6.92 Å². The Hall–Kier alpha value is -3.02. The number of carbonyl (C=O) groups is 3. The first-order valence-corrected chi connectivity index (χ1v) is 13.6. The van der Waals surface area contributed by atoms with Crippen molar-refractivity contribution in [3.63, 3.8) is 0 Å². The highest BCUT2D eigenvalue weighted by molar-refractivity contribution is 9.10. The molecule has 1 aromatic heterocycles. The minimum absolute atomic E-state index is 0.0676. The van der Waals surface area contributed by atoms with E-state index in [0.29, 0.717) is 24.9 Å². The molecule has 0 unspecified atom stereocenters. The molecule has 2 heterocycles. The molecule has 11 heteroatoms. The molecule has 0 bridgehead atoms. The molecule has 1 aliphatic rings. The van der Waals surface area contributed by atoms with Crippen LogP contribution in [-0.2, 0) is 14.8 Å². The molecular weight excluding hydrogens is 554 g/mol. The molecule has 2 aromatic carbocycles. The Balaban J connectivity index is 1.64. The van der Waals surface area contributed by atoms with Crippen LogP contribution in [0.4, 0.5) is 0 Å². The average molecular weight is 578 g/mol. The summed E-state index contributed by atoms with van der Waals surface area (Å²) in [7, 11) is -3.63. The van der Waals surface area contributed by atoms with Crippen LogP contribution in [0.5, 0.6) is 5.75 Å². The Morgan fingerprint density at radius 2 is 1.78 bits per heavy atom. The maximum absolute atomic E-state index is 12.9. The third-order valence-corrected chi connectivity index (χ3v) is 8.61. The number of carbonyl (C=O) groups excluding carboxylic acids is 3. The second-order valence-corrected chi connectivity index (χ2v) is 11.0. The van der Waals surface area contributed by atoms with Crippen molar-refractivity contribution in [2.45, 2.75) is 38.0 Å². The molecule has 0 saturated carbocycles. The Bertz CT molecular complexity index is 1440. The number of piperidine rings is 1. The summed E-state index contributed by atoms with van der Waals surface area (Å²) in [5, 5.41) is 0.251. The highest BCUT2D eigenvalue weighted by Gasteiger charge is 2.28. The topological polar surface area (TPSA) is 120 Å². The lowest BCUT2D eigenvalue weighted by Crippen LogP contribution is -2.35. The first kappa shape index (κ1) is 26.1. The van der Waals surface area contributed by atoms with Crippen molar-refractivity contribution in [2.24, 2.45) is 0 Å². The molecule has 1 fully saturated rings. The van der Waals surface area contributed by atoms with Gasteiger partial charge in [-0.25, -0.2) is 18.0 Å². The van der Waals surface area contributed by atoms with Gasteiger partial charge in [0.2, 0.25) is 10.0 Å². The summed E-state index contributed by atoms with van der Waals surface area (Å²) >= 11 is 3.37. The summed E-state index contributed by atoms with van der Waals surface area (Å²) in [6, 6.07) is 7.09. The van der Waals surface area contributed by atoms with E-state index in [1.54, 1.807) is 13.8 Å². The van der Waals surface area contributed by atoms with Gasteiger partial charge in [-0.05, 0) is 78.5 Å². The van der Waals surface area contributed by atoms with Crippen LogP contribution >= 0.6 is 15.9 Å². The lowest BCUT2D eigenvalue weighted by atomic mass is 10.1. The van der Waals surface area contributed by atoms with E-state index in [1.165, 1.54) is 34.6 Å². The van der Waals surface area contributed by atoms with Crippen LogP contribution in [0.15, 0.2) is 44.1 Å². The Morgan fingerprint density at radius 3 is 2.39 bits per heavy atom. The Morgan fingerprint density at radius 1 is 1.11 bits per heavy atom. The number of nitrogens with zero attached hydrogens (tertiary/aromatic N) is 1. The second-order valence-electron chi connectivity index (χ2n) is 8.27. The molecule has 0 radical (unpaired) electrons. The molecule has 1 saturated heterocycles. The van der Waals surface area contributed by atoms with Gasteiger partial charge in [-0.2, -0.15) is 4.31 Å². The molecule has 9 nitrogen and oxygen atoms in total. The summed E-state index contributed by atoms with van der Waals surface area (Å²) in [5.74, 6) is -1.57. The van der Waals surface area contributed by atoms with Gasteiger partial charge in [0.25, 0.3) is 0 Å². The molecule has 4 rings (SSSR count). The van der Waals surface area contributed by atoms with Crippen molar-refractivity contribution < 1.29 is 36.7 Å². The van der Waals surface area contributed by atoms with Crippen LogP contribution in [-0.4, -0.2) is 50.6 Å². The highest BCUT2D eigenvalue weighted by Crippen LogP contribution is 2.40. The van der Waals surface area contributed by atoms with Crippen molar-refractivity contribution in [3.8, 4) is 5.75 Å². The number of hydrogen-bond acceptors (Lipinski definition) is 8. The smallest absolute Gasteiger partial charge is 0.343 e. The Kier molecular flexibility index (Phi) is 7.62. The van der Waals surface area contributed by atoms with E-state index in [-0.39, 0.29) is 49.6 Å². The standard InChI is InChI=1S/C25H24BrNO8S/c1-3-33-25(30)20-19(14-28)34-23-15(2)13-18(22(26)21(20)23)35-24(29)16-7-9-17(10-8-16)36(31,32)27-11-5-4-6-12-27/h7-10,13-14H,3-6,11-12H2,1-2H3. The molecule has 0 spiro atoms. The molecule has 0 atom stereocenters. The molecule has 3 aromatic rings. The lowest BCUT2D eigenvalue weighted by molar-refractivity contribution is 0.0524. The summed E-state index contributed by atoms with van der Waals surface area (Å²) in [5.41, 5.74) is 0.877. The largest absolute Gasteiger partial charge is 0.462 e. The molecule has 1 aliphatic heterocycles. The molecule has 36 heavy (non-hydrogen) atoms. The van der Waals surface area contributed by atoms with Crippen molar-refractivity contribution in [1.29, 1.82) is 0 Å². The van der Waals surface area contributed by atoms with Crippen molar-refractivity contribution in [2.75, 3.05) is 19.7 Å². The van der Waals surface area contributed by atoms with Gasteiger partial charge >= 0.3 is 11.9 Å². The van der Waals surface area contributed by atoms with Gasteiger partial charge in [-0.1, -0.05) is 6.42 Å². The van der Waals surface area contributed by atoms with E-state index in [1.807, 2.05) is 0 Å². The summed E-state index contributed by atoms with van der Waals surface area (Å²) in [6.07, 6.45) is 3.08. The SMILES string of the molecule is CCOC(=O)c1c(C=O)oc2c(C)cc(OC(=O)c3ccc(S(=O)(=O)N4CCCCC4)cc3)c(Br)c12. The number of sulfonamides is 1. The quantitative estimate of drug-likeness (QED) is 0.221. The van der Waals surface area contributed by atoms with Crippen molar-refractivity contribution >= 4 is 55.1 Å². The molecule has 0 amide bonds. The summed E-state index contributed by atoms with van der Waals surface area (Å²) in [4.78, 5) is 37.0. The highest BCUT2D eigenvalue weighted by atomic mass is 79.9. The number of benzene rings is 2. The van der Waals surface area contributed by atoms with Gasteiger partial charge < -0.3 is 13.9 Å². The number of esters is 2. The third kappa shape index (κ3) is 4.82. The van der Waals surface area contributed by atoms with E-state index in [0.717, 1.165) is 19.3 Å². The van der Waals surface area contributed by atoms with Crippen LogP contribution in [0.1, 0.15) is 63.0 Å². The summed E-state index contributed by atoms with van der Waals surface area (Å²) < 4.78 is 43.6. The van der Waals surface area contributed by atoms with E-state index >= 15 is 0 Å². The van der Waals surface area contributed by atoms with Crippen LogP contribution < -0.4 is 4.74 Å². The van der Waals surface area contributed by atoms with Crippen LogP contribution in [0.2, 0.25) is 0 Å². The monoisotopic (exact) mass is 577 g/mol. The van der Waals surface area contributed by atoms with Gasteiger partial charge in [-0.15, -0.1) is 0 Å². The number of hydrogen-bond donors (Lipinski definition) is 0. The fraction of sp³-hybridized carbons (Fsp3) is 0.320. The first-order chi connectivity index (χ1) is 17.2. The zero-order chi connectivity index (χ0) is 26.0. The normalized spacial score (nSPS) is 14.5. The fourth-order valence-corrected chi connectivity index (χ4v) is 6.21. The maximum Gasteiger partial charge on any atom is 0.343 e. The first-order valence-electron chi connectivity index (χ1n) is 11.4. The number of aldehydes is 1. The van der Waals surface area contributed by atoms with Gasteiger partial charge in [0, 0.05) is 13.1 Å². The maximum atomic E-state index is 12.9. The minimum atomic E-state index is -3.63. The lowest BCUT2D eigenvalue weighted by Gasteiger charge is -2.25. The average Bonchev–Trinajstić information content (AvgIpc) is 3.28. The number of ether oxygens (including phenoxy) is 2. The zero-order valence-corrected chi connectivity index (χ0v) is 22.1. The predicted molar refractivity (Wildman–Crippen MR) is 134 cm³/mol. The molecular formula is C25H24BrNO8S. The van der Waals surface area contributed by atoms with Crippen LogP contribution in [0.3, 0.4) is 0 Å². The van der Waals surface area contributed by atoms with Gasteiger partial charge in [-0.3, -0.25) is 4.79 Å². The van der Waals surface area contributed by atoms with Gasteiger partial charge in [0.1, 0.15) is 16.9 Å². The third-order valence-electron chi connectivity index (χ3n) is 5.91. The molecule has 0 aliphatic carbocycles. The van der Waals surface area contributed by atoms with Gasteiger partial charge in [0.05, 0.1) is 26.9 Å². The van der Waals surface area contributed by atoms with E-state index < -0.39 is 22.0 Å². The number of aryl methyl sites for hydroxylation is 1. The number of furan rings is 1.